The van der Waals surface area contributed by atoms with E-state index in [-0.39, 0.29) is 26.4 Å². The summed E-state index contributed by atoms with van der Waals surface area (Å²) in [6.07, 6.45) is -3.88. The number of carbonyl (C=O) groups excluding carboxylic acids is 2. The van der Waals surface area contributed by atoms with E-state index in [1.54, 1.807) is 0 Å². The minimum Gasteiger partial charge on any atom is -0.457 e. The van der Waals surface area contributed by atoms with Gasteiger partial charge in [-0.2, -0.15) is 0 Å². The van der Waals surface area contributed by atoms with Gasteiger partial charge in [0.25, 0.3) is 0 Å². The maximum atomic E-state index is 12.7. The molecule has 0 saturated carbocycles. The second kappa shape index (κ2) is 20.1. The van der Waals surface area contributed by atoms with Crippen molar-refractivity contribution < 1.29 is 38.4 Å². The van der Waals surface area contributed by atoms with Gasteiger partial charge in [-0.1, -0.05) is 121 Å². The number of aliphatic hydroxyl groups excluding tert-OH is 1. The number of esters is 1. The minimum atomic E-state index is -1.15. The van der Waals surface area contributed by atoms with Gasteiger partial charge in [-0.05, 0) is 22.3 Å². The summed E-state index contributed by atoms with van der Waals surface area (Å²) in [5.41, 5.74) is 3.65. The van der Waals surface area contributed by atoms with E-state index in [0.29, 0.717) is 6.61 Å². The Hall–Kier alpha value is -4.38. The molecule has 0 unspecified atom stereocenters. The molecule has 0 aromatic heterocycles. The molecule has 1 amide bonds. The van der Waals surface area contributed by atoms with Crippen molar-refractivity contribution in [2.24, 2.45) is 0 Å². The van der Waals surface area contributed by atoms with Gasteiger partial charge in [0.1, 0.15) is 18.3 Å². The molecular formula is C39H45NO8. The molecule has 0 aliphatic heterocycles. The molecule has 0 spiro atoms. The first kappa shape index (κ1) is 36.5. The third-order valence-corrected chi connectivity index (χ3v) is 7.59. The molecule has 0 aliphatic carbocycles. The van der Waals surface area contributed by atoms with E-state index < -0.39 is 48.9 Å². The van der Waals surface area contributed by atoms with Crippen molar-refractivity contribution in [3.8, 4) is 0 Å². The summed E-state index contributed by atoms with van der Waals surface area (Å²) in [6, 6.07) is 37.4. The van der Waals surface area contributed by atoms with Crippen LogP contribution in [0.3, 0.4) is 0 Å². The van der Waals surface area contributed by atoms with Crippen molar-refractivity contribution >= 4 is 11.9 Å². The van der Waals surface area contributed by atoms with Crippen LogP contribution in [-0.4, -0.2) is 60.7 Å². The van der Waals surface area contributed by atoms with E-state index in [4.69, 9.17) is 23.7 Å². The van der Waals surface area contributed by atoms with Gasteiger partial charge in [0.15, 0.2) is 6.10 Å². The molecule has 5 atom stereocenters. The van der Waals surface area contributed by atoms with Crippen LogP contribution in [0.5, 0.6) is 0 Å². The molecule has 0 aliphatic rings. The van der Waals surface area contributed by atoms with E-state index in [2.05, 4.69) is 5.32 Å². The van der Waals surface area contributed by atoms with Gasteiger partial charge in [-0.25, -0.2) is 0 Å². The highest BCUT2D eigenvalue weighted by Crippen LogP contribution is 2.24. The molecule has 0 radical (unpaired) electrons. The Balaban J connectivity index is 1.70. The van der Waals surface area contributed by atoms with Gasteiger partial charge < -0.3 is 34.1 Å². The summed E-state index contributed by atoms with van der Waals surface area (Å²) in [5, 5.41) is 13.5. The number of nitrogens with one attached hydrogen (secondary N) is 1. The number of ether oxygens (including phenoxy) is 5. The smallest absolute Gasteiger partial charge is 0.303 e. The number of benzene rings is 4. The zero-order valence-electron chi connectivity index (χ0n) is 27.5. The van der Waals surface area contributed by atoms with Crippen molar-refractivity contribution in [2.45, 2.75) is 70.7 Å². The lowest BCUT2D eigenvalue weighted by Gasteiger charge is -2.39. The van der Waals surface area contributed by atoms with E-state index in [1.165, 1.54) is 13.8 Å². The summed E-state index contributed by atoms with van der Waals surface area (Å²) in [5.74, 6) is -1.00. The van der Waals surface area contributed by atoms with E-state index in [9.17, 15) is 14.7 Å². The van der Waals surface area contributed by atoms with Crippen LogP contribution >= 0.6 is 0 Å². The summed E-state index contributed by atoms with van der Waals surface area (Å²) < 4.78 is 31.5. The standard InChI is InChI=1S/C39H45NO8/c1-29(42)40-37(35(23-41)45-25-32-17-9-4-10-18-32)39(48-30(2)43)38(47-27-34-21-13-6-14-22-34)36(46-26-33-19-11-5-12-20-33)28-44-24-31-15-7-3-8-16-31/h3-22,35-39,41H,23-28H2,1-2H3,(H,40,42)/t35-,36+,37+,38+,39+/m0/s1. The first-order valence-electron chi connectivity index (χ1n) is 16.1. The molecule has 4 aromatic carbocycles. The Labute approximate surface area is 282 Å². The van der Waals surface area contributed by atoms with Crippen molar-refractivity contribution in [1.82, 2.24) is 5.32 Å². The molecule has 0 heterocycles. The lowest BCUT2D eigenvalue weighted by Crippen LogP contribution is -2.61. The summed E-state index contributed by atoms with van der Waals surface area (Å²) in [4.78, 5) is 25.4. The number of amides is 1. The fourth-order valence-corrected chi connectivity index (χ4v) is 5.27. The second-order valence-electron chi connectivity index (χ2n) is 11.4. The zero-order chi connectivity index (χ0) is 34.0. The van der Waals surface area contributed by atoms with Crippen LogP contribution in [0, 0.1) is 0 Å². The molecule has 4 aromatic rings. The molecular weight excluding hydrogens is 610 g/mol. The normalized spacial score (nSPS) is 14.3. The number of hydrogen-bond donors (Lipinski definition) is 2. The van der Waals surface area contributed by atoms with E-state index >= 15 is 0 Å². The Kier molecular flexibility index (Phi) is 15.3. The monoisotopic (exact) mass is 655 g/mol. The van der Waals surface area contributed by atoms with Crippen LogP contribution in [0.4, 0.5) is 0 Å². The minimum absolute atomic E-state index is 0.0698. The first-order chi connectivity index (χ1) is 23.4. The van der Waals surface area contributed by atoms with Gasteiger partial charge in [-0.15, -0.1) is 0 Å². The van der Waals surface area contributed by atoms with Gasteiger partial charge in [0.05, 0.1) is 45.7 Å². The van der Waals surface area contributed by atoms with Crippen LogP contribution < -0.4 is 5.32 Å². The topological polar surface area (TPSA) is 113 Å². The van der Waals surface area contributed by atoms with Crippen LogP contribution in [0.2, 0.25) is 0 Å². The molecule has 48 heavy (non-hydrogen) atoms. The fraction of sp³-hybridized carbons (Fsp3) is 0.333. The van der Waals surface area contributed by atoms with Gasteiger partial charge in [0, 0.05) is 13.8 Å². The maximum absolute atomic E-state index is 12.7. The number of carbonyl (C=O) groups is 2. The highest BCUT2D eigenvalue weighted by molar-refractivity contribution is 5.73. The molecule has 9 heteroatoms. The summed E-state index contributed by atoms with van der Waals surface area (Å²) in [7, 11) is 0. The molecule has 2 N–H and O–H groups in total. The Morgan fingerprint density at radius 1 is 0.583 bits per heavy atom. The Morgan fingerprint density at radius 3 is 1.42 bits per heavy atom. The van der Waals surface area contributed by atoms with E-state index in [0.717, 1.165) is 22.3 Å². The van der Waals surface area contributed by atoms with Crippen LogP contribution in [0.1, 0.15) is 36.1 Å². The molecule has 254 valence electrons. The van der Waals surface area contributed by atoms with Gasteiger partial charge in [-0.3, -0.25) is 9.59 Å². The first-order valence-corrected chi connectivity index (χ1v) is 16.1. The quantitative estimate of drug-likeness (QED) is 0.122. The molecule has 9 nitrogen and oxygen atoms in total. The number of hydrogen-bond acceptors (Lipinski definition) is 8. The van der Waals surface area contributed by atoms with Crippen LogP contribution in [0.15, 0.2) is 121 Å². The van der Waals surface area contributed by atoms with Crippen molar-refractivity contribution in [2.75, 3.05) is 13.2 Å². The molecule has 4 rings (SSSR count). The Morgan fingerprint density at radius 2 is 1.00 bits per heavy atom. The number of aliphatic hydroxyl groups is 1. The van der Waals surface area contributed by atoms with Gasteiger partial charge in [0.2, 0.25) is 5.91 Å². The predicted octanol–water partition coefficient (Wildman–Crippen LogP) is 5.39. The van der Waals surface area contributed by atoms with Crippen molar-refractivity contribution in [3.63, 3.8) is 0 Å². The highest BCUT2D eigenvalue weighted by atomic mass is 16.6. The van der Waals surface area contributed by atoms with Crippen molar-refractivity contribution in [3.05, 3.63) is 144 Å². The largest absolute Gasteiger partial charge is 0.457 e. The summed E-state index contributed by atoms with van der Waals surface area (Å²) >= 11 is 0. The predicted molar refractivity (Wildman–Crippen MR) is 181 cm³/mol. The van der Waals surface area contributed by atoms with E-state index in [1.807, 2.05) is 121 Å². The molecule has 0 bridgehead atoms. The van der Waals surface area contributed by atoms with Crippen LogP contribution in [0.25, 0.3) is 0 Å². The SMILES string of the molecule is CC(=O)N[C@@H]([C@@H](OC(C)=O)[C@H](OCc1ccccc1)[C@@H](COCc1ccccc1)OCc1ccccc1)[C@H](CO)OCc1ccccc1. The van der Waals surface area contributed by atoms with Crippen LogP contribution in [-0.2, 0) is 59.7 Å². The lowest BCUT2D eigenvalue weighted by atomic mass is 9.95. The van der Waals surface area contributed by atoms with Gasteiger partial charge >= 0.3 is 5.97 Å². The maximum Gasteiger partial charge on any atom is 0.303 e. The molecule has 0 saturated heterocycles. The average Bonchev–Trinajstić information content (AvgIpc) is 3.11. The fourth-order valence-electron chi connectivity index (χ4n) is 5.27. The third-order valence-electron chi connectivity index (χ3n) is 7.59. The average molecular weight is 656 g/mol. The summed E-state index contributed by atoms with van der Waals surface area (Å²) in [6.45, 7) is 3.07. The lowest BCUT2D eigenvalue weighted by molar-refractivity contribution is -0.191. The zero-order valence-corrected chi connectivity index (χ0v) is 27.5. The van der Waals surface area contributed by atoms with Crippen molar-refractivity contribution in [1.29, 1.82) is 0 Å². The second-order valence-corrected chi connectivity index (χ2v) is 11.4. The molecule has 0 fully saturated rings. The third kappa shape index (κ3) is 12.3. The highest BCUT2D eigenvalue weighted by Gasteiger charge is 2.43. The number of rotatable bonds is 20. The Bertz CT molecular complexity index is 1470.